The van der Waals surface area contributed by atoms with E-state index < -0.39 is 0 Å². The third-order valence-corrected chi connectivity index (χ3v) is 8.42. The number of para-hydroxylation sites is 2. The van der Waals surface area contributed by atoms with Crippen LogP contribution in [-0.4, -0.2) is 46.1 Å². The Kier molecular flexibility index (Phi) is 9.76. The molecule has 38 heavy (non-hydrogen) atoms. The number of fused-ring (bicyclic) bond motifs is 1. The van der Waals surface area contributed by atoms with E-state index in [9.17, 15) is 4.79 Å². The van der Waals surface area contributed by atoms with Crippen molar-refractivity contribution < 1.29 is 4.79 Å². The number of nitrogens with one attached hydrogen (secondary N) is 1. The first-order chi connectivity index (χ1) is 18.4. The molecule has 1 N–H and O–H groups in total. The number of aryl methyl sites for hydroxylation is 1. The molecule has 1 saturated heterocycles. The zero-order valence-electron chi connectivity index (χ0n) is 23.9. The molecular formula is C33H46N4O. The van der Waals surface area contributed by atoms with E-state index in [-0.39, 0.29) is 11.3 Å². The quantitative estimate of drug-likeness (QED) is 0.355. The van der Waals surface area contributed by atoms with Crippen LogP contribution >= 0.6 is 0 Å². The van der Waals surface area contributed by atoms with Gasteiger partial charge in [0.25, 0.3) is 0 Å². The van der Waals surface area contributed by atoms with Crippen molar-refractivity contribution in [2.24, 2.45) is 16.8 Å². The van der Waals surface area contributed by atoms with E-state index in [0.29, 0.717) is 5.91 Å². The van der Waals surface area contributed by atoms with Crippen molar-refractivity contribution >= 4 is 22.7 Å². The van der Waals surface area contributed by atoms with E-state index in [1.807, 2.05) is 45.0 Å². The number of rotatable bonds is 7. The summed E-state index contributed by atoms with van der Waals surface area (Å²) in [6.45, 7) is 10.9. The number of H-pyrrole nitrogens is 1. The van der Waals surface area contributed by atoms with Crippen LogP contribution in [0.5, 0.6) is 0 Å². The number of carbonyl (C=O) groups excluding carboxylic acids is 1. The number of carbonyl (C=O) groups is 1. The van der Waals surface area contributed by atoms with Crippen LogP contribution in [0.1, 0.15) is 83.5 Å². The molecule has 1 aromatic heterocycles. The van der Waals surface area contributed by atoms with Gasteiger partial charge in [-0.1, -0.05) is 69.7 Å². The lowest BCUT2D eigenvalue weighted by molar-refractivity contribution is -0.136. The van der Waals surface area contributed by atoms with Gasteiger partial charge < -0.3 is 9.88 Å². The molecule has 2 heterocycles. The summed E-state index contributed by atoms with van der Waals surface area (Å²) >= 11 is 0. The van der Waals surface area contributed by atoms with Crippen LogP contribution in [0.3, 0.4) is 0 Å². The summed E-state index contributed by atoms with van der Waals surface area (Å²) in [7, 11) is 0. The van der Waals surface area contributed by atoms with Gasteiger partial charge in [0, 0.05) is 36.7 Å². The lowest BCUT2D eigenvalue weighted by atomic mass is 9.70. The van der Waals surface area contributed by atoms with Gasteiger partial charge >= 0.3 is 0 Å². The fourth-order valence-corrected chi connectivity index (χ4v) is 6.26. The van der Waals surface area contributed by atoms with Gasteiger partial charge in [0.1, 0.15) is 5.82 Å². The summed E-state index contributed by atoms with van der Waals surface area (Å²) in [5.74, 6) is 2.10. The number of likely N-dealkylation sites (tertiary alicyclic amines) is 1. The van der Waals surface area contributed by atoms with E-state index >= 15 is 0 Å². The maximum absolute atomic E-state index is 12.4. The highest BCUT2D eigenvalue weighted by Gasteiger charge is 2.37. The van der Waals surface area contributed by atoms with E-state index in [1.54, 1.807) is 0 Å². The summed E-state index contributed by atoms with van der Waals surface area (Å²) in [4.78, 5) is 27.0. The first-order valence-electron chi connectivity index (χ1n) is 14.7. The van der Waals surface area contributed by atoms with Crippen molar-refractivity contribution in [3.63, 3.8) is 0 Å². The maximum Gasteiger partial charge on any atom is 0.225 e. The summed E-state index contributed by atoms with van der Waals surface area (Å²) in [6.07, 6.45) is 9.63. The molecule has 2 fully saturated rings. The Morgan fingerprint density at radius 2 is 1.82 bits per heavy atom. The highest BCUT2D eigenvalue weighted by atomic mass is 16.2. The predicted octanol–water partition coefficient (Wildman–Crippen LogP) is 7.51. The van der Waals surface area contributed by atoms with E-state index in [4.69, 9.17) is 4.99 Å². The molecule has 2 aromatic carbocycles. The van der Waals surface area contributed by atoms with Gasteiger partial charge in [-0.15, -0.1) is 0 Å². The minimum atomic E-state index is 0.0912. The number of aliphatic imine (C=N–C) groups is 1. The normalized spacial score (nSPS) is 20.1. The molecule has 5 rings (SSSR count). The number of amides is 1. The van der Waals surface area contributed by atoms with Crippen LogP contribution < -0.4 is 0 Å². The minimum absolute atomic E-state index is 0.0912. The van der Waals surface area contributed by atoms with Gasteiger partial charge in [-0.05, 0) is 75.5 Å². The summed E-state index contributed by atoms with van der Waals surface area (Å²) in [5.41, 5.74) is 5.23. The van der Waals surface area contributed by atoms with Crippen molar-refractivity contribution in [3.05, 3.63) is 66.0 Å². The highest BCUT2D eigenvalue weighted by molar-refractivity contribution is 5.88. The summed E-state index contributed by atoms with van der Waals surface area (Å²) in [5, 5.41) is 0. The molecule has 5 heteroatoms. The average molecular weight is 515 g/mol. The standard InChI is InChI=1S/C25H38N2O.C8H8N2/c1-4-9-21-10-8-13-23(21)26-17-14-25(22-11-6-5-7-12-22)15-18-27(19-16-25)24(28)20(2)3;1-6-9-7-4-2-3-5-8(7)10-6/h5-7,11-12,20-21H,4,8-10,13-19H2,1-3H3;2-5H,1H3,(H,9,10). The lowest BCUT2D eigenvalue weighted by Gasteiger charge is -2.43. The predicted molar refractivity (Wildman–Crippen MR) is 159 cm³/mol. The Morgan fingerprint density at radius 1 is 1.11 bits per heavy atom. The van der Waals surface area contributed by atoms with Gasteiger partial charge in [-0.3, -0.25) is 9.79 Å². The largest absolute Gasteiger partial charge is 0.342 e. The van der Waals surface area contributed by atoms with Crippen molar-refractivity contribution in [2.75, 3.05) is 19.6 Å². The number of benzene rings is 2. The maximum atomic E-state index is 12.4. The first kappa shape index (κ1) is 28.1. The van der Waals surface area contributed by atoms with Crippen molar-refractivity contribution in [2.45, 2.75) is 84.5 Å². The van der Waals surface area contributed by atoms with Crippen LogP contribution in [-0.2, 0) is 10.2 Å². The molecule has 0 bridgehead atoms. The molecule has 1 atom stereocenters. The molecule has 1 aliphatic heterocycles. The molecule has 1 unspecified atom stereocenters. The third-order valence-electron chi connectivity index (χ3n) is 8.42. The SMILES string of the molecule is CCCC1CCCC1=NCCC1(c2ccccc2)CCN(C(=O)C(C)C)CC1.Cc1nc2ccccc2[nH]1. The van der Waals surface area contributed by atoms with Crippen LogP contribution in [0, 0.1) is 18.8 Å². The average Bonchev–Trinajstić information content (AvgIpc) is 3.54. The molecule has 0 spiro atoms. The molecule has 0 radical (unpaired) electrons. The Balaban J connectivity index is 0.000000278. The Bertz CT molecular complexity index is 1150. The van der Waals surface area contributed by atoms with Crippen LogP contribution in [0.25, 0.3) is 11.0 Å². The zero-order valence-corrected chi connectivity index (χ0v) is 23.9. The number of hydrogen-bond donors (Lipinski definition) is 1. The number of aromatic amines is 1. The third kappa shape index (κ3) is 6.92. The number of aromatic nitrogens is 2. The van der Waals surface area contributed by atoms with Gasteiger partial charge in [0.2, 0.25) is 5.91 Å². The molecule has 2 aliphatic rings. The second kappa shape index (κ2) is 13.2. The van der Waals surface area contributed by atoms with E-state index in [2.05, 4.69) is 52.1 Å². The van der Waals surface area contributed by atoms with Crippen molar-refractivity contribution in [3.8, 4) is 0 Å². The van der Waals surface area contributed by atoms with Gasteiger partial charge in [0.05, 0.1) is 11.0 Å². The first-order valence-corrected chi connectivity index (χ1v) is 14.7. The molecule has 204 valence electrons. The Morgan fingerprint density at radius 3 is 2.50 bits per heavy atom. The van der Waals surface area contributed by atoms with E-state index in [0.717, 1.165) is 61.7 Å². The minimum Gasteiger partial charge on any atom is -0.342 e. The lowest BCUT2D eigenvalue weighted by Crippen LogP contribution is -2.46. The topological polar surface area (TPSA) is 61.4 Å². The monoisotopic (exact) mass is 514 g/mol. The number of piperidine rings is 1. The molecule has 3 aromatic rings. The summed E-state index contributed by atoms with van der Waals surface area (Å²) < 4.78 is 0. The van der Waals surface area contributed by atoms with Crippen LogP contribution in [0.2, 0.25) is 0 Å². The molecular weight excluding hydrogens is 468 g/mol. The van der Waals surface area contributed by atoms with Gasteiger partial charge in [-0.25, -0.2) is 4.98 Å². The fourth-order valence-electron chi connectivity index (χ4n) is 6.26. The molecule has 1 amide bonds. The molecule has 1 aliphatic carbocycles. The van der Waals surface area contributed by atoms with Crippen LogP contribution in [0.15, 0.2) is 59.6 Å². The van der Waals surface area contributed by atoms with Crippen LogP contribution in [0.4, 0.5) is 0 Å². The zero-order chi connectivity index (χ0) is 27.0. The fraction of sp³-hybridized carbons (Fsp3) is 0.545. The number of hydrogen-bond acceptors (Lipinski definition) is 3. The molecule has 1 saturated carbocycles. The smallest absolute Gasteiger partial charge is 0.225 e. The van der Waals surface area contributed by atoms with E-state index in [1.165, 1.54) is 43.4 Å². The van der Waals surface area contributed by atoms with Crippen molar-refractivity contribution in [1.82, 2.24) is 14.9 Å². The molecule has 5 nitrogen and oxygen atoms in total. The second-order valence-electron chi connectivity index (χ2n) is 11.5. The number of imidazole rings is 1. The second-order valence-corrected chi connectivity index (χ2v) is 11.5. The van der Waals surface area contributed by atoms with Gasteiger partial charge in [-0.2, -0.15) is 0 Å². The van der Waals surface area contributed by atoms with Gasteiger partial charge in [0.15, 0.2) is 0 Å². The van der Waals surface area contributed by atoms with Crippen molar-refractivity contribution in [1.29, 1.82) is 0 Å². The summed E-state index contributed by atoms with van der Waals surface area (Å²) in [6, 6.07) is 19.0. The Hall–Kier alpha value is -2.95. The number of nitrogens with zero attached hydrogens (tertiary/aromatic N) is 3. The Labute approximate surface area is 229 Å². The highest BCUT2D eigenvalue weighted by Crippen LogP contribution is 2.39.